The second kappa shape index (κ2) is 6.37. The van der Waals surface area contributed by atoms with E-state index >= 15 is 0 Å². The Kier molecular flexibility index (Phi) is 4.31. The van der Waals surface area contributed by atoms with Gasteiger partial charge in [0.05, 0.1) is 11.3 Å². The van der Waals surface area contributed by atoms with Gasteiger partial charge in [0, 0.05) is 27.3 Å². The number of benzene rings is 1. The van der Waals surface area contributed by atoms with Crippen LogP contribution in [0, 0.1) is 6.92 Å². The molecule has 2 heterocycles. The van der Waals surface area contributed by atoms with Gasteiger partial charge in [-0.3, -0.25) is 15.1 Å². The molecule has 0 saturated heterocycles. The van der Waals surface area contributed by atoms with Crippen molar-refractivity contribution in [3.05, 3.63) is 63.7 Å². The topological polar surface area (TPSA) is 54.9 Å². The third-order valence-electron chi connectivity index (χ3n) is 3.02. The summed E-state index contributed by atoms with van der Waals surface area (Å²) in [6.45, 7) is 1.88. The van der Waals surface area contributed by atoms with E-state index in [9.17, 15) is 4.79 Å². The fourth-order valence-electron chi connectivity index (χ4n) is 1.88. The molecule has 1 aromatic carbocycles. The maximum absolute atomic E-state index is 12.1. The summed E-state index contributed by atoms with van der Waals surface area (Å²) in [5.41, 5.74) is 3.24. The molecule has 0 atom stereocenters. The summed E-state index contributed by atoms with van der Waals surface area (Å²) in [5, 5.41) is 5.29. The van der Waals surface area contributed by atoms with Crippen molar-refractivity contribution in [1.29, 1.82) is 0 Å². The quantitative estimate of drug-likeness (QED) is 0.733. The lowest BCUT2D eigenvalue weighted by Crippen LogP contribution is -2.12. The van der Waals surface area contributed by atoms with Gasteiger partial charge in [-0.15, -0.1) is 11.3 Å². The summed E-state index contributed by atoms with van der Waals surface area (Å²) in [4.78, 5) is 20.7. The van der Waals surface area contributed by atoms with Crippen molar-refractivity contribution >= 4 is 38.3 Å². The molecule has 3 rings (SSSR count). The molecule has 0 saturated carbocycles. The van der Waals surface area contributed by atoms with E-state index in [1.807, 2.05) is 42.6 Å². The van der Waals surface area contributed by atoms with E-state index in [0.29, 0.717) is 10.7 Å². The predicted molar refractivity (Wildman–Crippen MR) is 92.2 cm³/mol. The number of carbonyl (C=O) groups is 1. The number of nitrogens with one attached hydrogen (secondary N) is 1. The van der Waals surface area contributed by atoms with E-state index in [2.05, 4.69) is 31.2 Å². The molecule has 0 bridgehead atoms. The average Bonchev–Trinajstić information content (AvgIpc) is 2.96. The number of aryl methyl sites for hydroxylation is 1. The van der Waals surface area contributed by atoms with Gasteiger partial charge in [-0.25, -0.2) is 4.98 Å². The summed E-state index contributed by atoms with van der Waals surface area (Å²) < 4.78 is 0.995. The van der Waals surface area contributed by atoms with Gasteiger partial charge in [-0.1, -0.05) is 28.1 Å². The molecule has 0 fully saturated rings. The van der Waals surface area contributed by atoms with Crippen LogP contribution in [0.5, 0.6) is 0 Å². The van der Waals surface area contributed by atoms with Crippen LogP contribution in [-0.2, 0) is 0 Å². The molecule has 110 valence electrons. The second-order valence-electron chi connectivity index (χ2n) is 4.69. The van der Waals surface area contributed by atoms with Crippen LogP contribution >= 0.6 is 27.3 Å². The van der Waals surface area contributed by atoms with Crippen LogP contribution in [0.3, 0.4) is 0 Å². The average molecular weight is 374 g/mol. The Balaban J connectivity index is 1.77. The smallest absolute Gasteiger partial charge is 0.259 e. The van der Waals surface area contributed by atoms with Gasteiger partial charge in [0.1, 0.15) is 0 Å². The molecule has 6 heteroatoms. The minimum atomic E-state index is -0.206. The zero-order chi connectivity index (χ0) is 15.5. The van der Waals surface area contributed by atoms with Gasteiger partial charge >= 0.3 is 0 Å². The Morgan fingerprint density at radius 3 is 2.86 bits per heavy atom. The van der Waals surface area contributed by atoms with E-state index in [0.717, 1.165) is 21.4 Å². The Bertz CT molecular complexity index is 814. The van der Waals surface area contributed by atoms with Crippen LogP contribution in [0.4, 0.5) is 5.13 Å². The number of hydrogen-bond donors (Lipinski definition) is 1. The van der Waals surface area contributed by atoms with Crippen LogP contribution in [-0.4, -0.2) is 15.9 Å². The van der Waals surface area contributed by atoms with Crippen molar-refractivity contribution in [2.24, 2.45) is 0 Å². The molecular formula is C16H12BrN3OS. The molecule has 2 aromatic heterocycles. The van der Waals surface area contributed by atoms with Gasteiger partial charge in [0.15, 0.2) is 5.13 Å². The largest absolute Gasteiger partial charge is 0.298 e. The van der Waals surface area contributed by atoms with E-state index in [-0.39, 0.29) is 5.91 Å². The van der Waals surface area contributed by atoms with Crippen molar-refractivity contribution in [2.75, 3.05) is 5.32 Å². The lowest BCUT2D eigenvalue weighted by Gasteiger charge is -2.01. The molecule has 0 aliphatic heterocycles. The molecule has 1 N–H and O–H groups in total. The highest BCUT2D eigenvalue weighted by molar-refractivity contribution is 9.10. The zero-order valence-electron chi connectivity index (χ0n) is 11.7. The highest BCUT2D eigenvalue weighted by Gasteiger charge is 2.10. The maximum atomic E-state index is 12.1. The molecule has 0 radical (unpaired) electrons. The van der Waals surface area contributed by atoms with Gasteiger partial charge in [-0.2, -0.15) is 0 Å². The Labute approximate surface area is 140 Å². The number of thiazole rings is 1. The summed E-state index contributed by atoms with van der Waals surface area (Å²) in [5.74, 6) is -0.206. The normalized spacial score (nSPS) is 10.5. The third kappa shape index (κ3) is 3.40. The number of anilines is 1. The number of halogens is 1. The van der Waals surface area contributed by atoms with E-state index in [1.54, 1.807) is 12.3 Å². The molecule has 0 spiro atoms. The number of carbonyl (C=O) groups excluding carboxylic acids is 1. The summed E-state index contributed by atoms with van der Waals surface area (Å²) in [7, 11) is 0. The number of hydrogen-bond acceptors (Lipinski definition) is 4. The van der Waals surface area contributed by atoms with Crippen molar-refractivity contribution in [1.82, 2.24) is 9.97 Å². The molecule has 0 aliphatic carbocycles. The Morgan fingerprint density at radius 1 is 1.27 bits per heavy atom. The maximum Gasteiger partial charge on any atom is 0.259 e. The van der Waals surface area contributed by atoms with Crippen LogP contribution in [0.25, 0.3) is 11.3 Å². The predicted octanol–water partition coefficient (Wildman–Crippen LogP) is 4.53. The van der Waals surface area contributed by atoms with Gasteiger partial charge in [0.2, 0.25) is 0 Å². The Morgan fingerprint density at radius 2 is 2.14 bits per heavy atom. The second-order valence-corrected chi connectivity index (χ2v) is 6.46. The third-order valence-corrected chi connectivity index (χ3v) is 4.27. The first-order valence-corrected chi connectivity index (χ1v) is 8.24. The molecule has 22 heavy (non-hydrogen) atoms. The molecule has 0 aliphatic rings. The lowest BCUT2D eigenvalue weighted by atomic mass is 10.2. The van der Waals surface area contributed by atoms with E-state index in [4.69, 9.17) is 0 Å². The number of nitrogens with zero attached hydrogens (tertiary/aromatic N) is 2. The summed E-state index contributed by atoms with van der Waals surface area (Å²) >= 11 is 4.84. The highest BCUT2D eigenvalue weighted by atomic mass is 79.9. The number of pyridine rings is 1. The van der Waals surface area contributed by atoms with Crippen molar-refractivity contribution in [2.45, 2.75) is 6.92 Å². The van der Waals surface area contributed by atoms with Crippen LogP contribution in [0.15, 0.2) is 52.4 Å². The summed E-state index contributed by atoms with van der Waals surface area (Å²) in [6.07, 6.45) is 1.56. The van der Waals surface area contributed by atoms with Crippen molar-refractivity contribution in [3.8, 4) is 11.3 Å². The fraction of sp³-hybridized carbons (Fsp3) is 0.0625. The first-order valence-electron chi connectivity index (χ1n) is 6.57. The standard InChI is InChI=1S/C16H12BrN3OS/c1-10-5-6-12(8-18-10)15(21)20-16-19-14(9-22-16)11-3-2-4-13(17)7-11/h2-9H,1H3,(H,19,20,21). The monoisotopic (exact) mass is 373 g/mol. The zero-order valence-corrected chi connectivity index (χ0v) is 14.1. The Hall–Kier alpha value is -2.05. The van der Waals surface area contributed by atoms with Gasteiger partial charge < -0.3 is 0 Å². The lowest BCUT2D eigenvalue weighted by molar-refractivity contribution is 0.102. The molecule has 3 aromatic rings. The minimum absolute atomic E-state index is 0.206. The molecule has 0 unspecified atom stereocenters. The number of rotatable bonds is 3. The number of amides is 1. The molecular weight excluding hydrogens is 362 g/mol. The van der Waals surface area contributed by atoms with Gasteiger partial charge in [0.25, 0.3) is 5.91 Å². The first-order chi connectivity index (χ1) is 10.6. The van der Waals surface area contributed by atoms with Crippen LogP contribution in [0.2, 0.25) is 0 Å². The van der Waals surface area contributed by atoms with Crippen molar-refractivity contribution in [3.63, 3.8) is 0 Å². The van der Waals surface area contributed by atoms with E-state index < -0.39 is 0 Å². The van der Waals surface area contributed by atoms with Gasteiger partial charge in [-0.05, 0) is 31.2 Å². The SMILES string of the molecule is Cc1ccc(C(=O)Nc2nc(-c3cccc(Br)c3)cs2)cn1. The minimum Gasteiger partial charge on any atom is -0.298 e. The van der Waals surface area contributed by atoms with Crippen molar-refractivity contribution < 1.29 is 4.79 Å². The molecule has 1 amide bonds. The van der Waals surface area contributed by atoms with E-state index in [1.165, 1.54) is 11.3 Å². The van der Waals surface area contributed by atoms with Crippen LogP contribution < -0.4 is 5.32 Å². The first kappa shape index (κ1) is 14.9. The summed E-state index contributed by atoms with van der Waals surface area (Å²) in [6, 6.07) is 11.4. The molecule has 4 nitrogen and oxygen atoms in total. The fourth-order valence-corrected chi connectivity index (χ4v) is 3.00. The number of aromatic nitrogens is 2. The van der Waals surface area contributed by atoms with Crippen LogP contribution in [0.1, 0.15) is 16.1 Å². The highest BCUT2D eigenvalue weighted by Crippen LogP contribution is 2.27.